The molecule has 3 heteroatoms. The molecule has 1 heterocycles. The van der Waals surface area contributed by atoms with Crippen LogP contribution in [0.15, 0.2) is 12.1 Å². The Kier molecular flexibility index (Phi) is 2.18. The minimum absolute atomic E-state index is 0.0717. The van der Waals surface area contributed by atoms with Crippen LogP contribution in [0.4, 0.5) is 0 Å². The molecule has 1 aliphatic rings. The third-order valence-corrected chi connectivity index (χ3v) is 2.71. The molecule has 13 heavy (non-hydrogen) atoms. The van der Waals surface area contributed by atoms with Crippen molar-refractivity contribution in [3.05, 3.63) is 28.3 Å². The fourth-order valence-electron chi connectivity index (χ4n) is 1.71. The number of ether oxygens (including phenoxy) is 1. The lowest BCUT2D eigenvalue weighted by atomic mass is 9.97. The van der Waals surface area contributed by atoms with Gasteiger partial charge < -0.3 is 10.5 Å². The molecule has 2 nitrogen and oxygen atoms in total. The molecule has 1 aromatic rings. The van der Waals surface area contributed by atoms with Gasteiger partial charge >= 0.3 is 0 Å². The summed E-state index contributed by atoms with van der Waals surface area (Å²) in [6.45, 7) is 2.70. The number of fused-ring (bicyclic) bond motifs is 1. The van der Waals surface area contributed by atoms with Crippen LogP contribution in [0.3, 0.4) is 0 Å². The predicted octanol–water partition coefficient (Wildman–Crippen LogP) is 2.43. The topological polar surface area (TPSA) is 35.2 Å². The third-order valence-electron chi connectivity index (χ3n) is 2.41. The molecule has 1 unspecified atom stereocenters. The molecule has 2 rings (SSSR count). The second-order valence-electron chi connectivity index (χ2n) is 3.35. The Morgan fingerprint density at radius 2 is 2.31 bits per heavy atom. The van der Waals surface area contributed by atoms with Gasteiger partial charge in [0.05, 0.1) is 11.6 Å². The lowest BCUT2D eigenvalue weighted by molar-refractivity contribution is 0.268. The van der Waals surface area contributed by atoms with E-state index in [1.54, 1.807) is 0 Å². The lowest BCUT2D eigenvalue weighted by Gasteiger charge is -2.25. The molecule has 0 fully saturated rings. The van der Waals surface area contributed by atoms with E-state index in [0.717, 1.165) is 23.3 Å². The molecule has 0 bridgehead atoms. The summed E-state index contributed by atoms with van der Waals surface area (Å²) in [5.74, 6) is 0.778. The monoisotopic (exact) mass is 197 g/mol. The number of rotatable bonds is 0. The van der Waals surface area contributed by atoms with E-state index in [4.69, 9.17) is 22.1 Å². The van der Waals surface area contributed by atoms with Crippen LogP contribution in [-0.4, -0.2) is 6.61 Å². The molecule has 0 saturated carbocycles. The summed E-state index contributed by atoms with van der Waals surface area (Å²) in [6.07, 6.45) is 0.869. The van der Waals surface area contributed by atoms with Gasteiger partial charge in [-0.1, -0.05) is 17.7 Å². The molecule has 0 radical (unpaired) electrons. The van der Waals surface area contributed by atoms with E-state index in [0.29, 0.717) is 11.6 Å². The lowest BCUT2D eigenvalue weighted by Crippen LogP contribution is -2.21. The summed E-state index contributed by atoms with van der Waals surface area (Å²) in [5.41, 5.74) is 8.20. The van der Waals surface area contributed by atoms with E-state index < -0.39 is 0 Å². The largest absolute Gasteiger partial charge is 0.492 e. The first-order valence-electron chi connectivity index (χ1n) is 4.37. The van der Waals surface area contributed by atoms with E-state index in [2.05, 4.69) is 0 Å². The standard InChI is InChI=1S/C10H12ClNO/c1-6-2-3-7(11)10-9(6)8(12)4-5-13-10/h2-3,8H,4-5,12H2,1H3. The van der Waals surface area contributed by atoms with Crippen LogP contribution in [0.1, 0.15) is 23.6 Å². The average Bonchev–Trinajstić information content (AvgIpc) is 2.12. The maximum Gasteiger partial charge on any atom is 0.142 e. The van der Waals surface area contributed by atoms with Crippen molar-refractivity contribution in [2.24, 2.45) is 5.73 Å². The van der Waals surface area contributed by atoms with E-state index >= 15 is 0 Å². The van der Waals surface area contributed by atoms with Crippen molar-refractivity contribution in [2.75, 3.05) is 6.61 Å². The molecule has 0 spiro atoms. The summed E-state index contributed by atoms with van der Waals surface area (Å²) < 4.78 is 5.49. The SMILES string of the molecule is Cc1ccc(Cl)c2c1C(N)CCO2. The number of halogens is 1. The van der Waals surface area contributed by atoms with Gasteiger partial charge in [0.15, 0.2) is 0 Å². The number of nitrogens with two attached hydrogens (primary N) is 1. The van der Waals surface area contributed by atoms with Gasteiger partial charge in [0.2, 0.25) is 0 Å². The zero-order chi connectivity index (χ0) is 9.42. The number of aryl methyl sites for hydroxylation is 1. The van der Waals surface area contributed by atoms with Crippen LogP contribution in [0.5, 0.6) is 5.75 Å². The van der Waals surface area contributed by atoms with Gasteiger partial charge in [-0.05, 0) is 18.6 Å². The van der Waals surface area contributed by atoms with E-state index in [-0.39, 0.29) is 6.04 Å². The molecule has 1 aromatic carbocycles. The molecule has 1 aliphatic heterocycles. The molecule has 0 aromatic heterocycles. The quantitative estimate of drug-likeness (QED) is 0.694. The minimum atomic E-state index is 0.0717. The van der Waals surface area contributed by atoms with Gasteiger partial charge in [0.1, 0.15) is 5.75 Å². The van der Waals surface area contributed by atoms with Gasteiger partial charge in [-0.25, -0.2) is 0 Å². The van der Waals surface area contributed by atoms with Crippen molar-refractivity contribution in [2.45, 2.75) is 19.4 Å². The molecule has 2 N–H and O–H groups in total. The molecule has 0 amide bonds. The van der Waals surface area contributed by atoms with Crippen molar-refractivity contribution in [1.82, 2.24) is 0 Å². The van der Waals surface area contributed by atoms with Crippen LogP contribution >= 0.6 is 11.6 Å². The maximum absolute atomic E-state index is 6.00. The van der Waals surface area contributed by atoms with Crippen molar-refractivity contribution >= 4 is 11.6 Å². The summed E-state index contributed by atoms with van der Waals surface area (Å²) in [5, 5.41) is 0.663. The van der Waals surface area contributed by atoms with E-state index in [1.165, 1.54) is 0 Å². The molecule has 0 aliphatic carbocycles. The van der Waals surface area contributed by atoms with E-state index in [1.807, 2.05) is 19.1 Å². The zero-order valence-electron chi connectivity index (χ0n) is 7.51. The van der Waals surface area contributed by atoms with Crippen LogP contribution in [-0.2, 0) is 0 Å². The zero-order valence-corrected chi connectivity index (χ0v) is 8.27. The van der Waals surface area contributed by atoms with Gasteiger partial charge in [-0.2, -0.15) is 0 Å². The molecule has 1 atom stereocenters. The molecular weight excluding hydrogens is 186 g/mol. The highest BCUT2D eigenvalue weighted by Crippen LogP contribution is 2.38. The smallest absolute Gasteiger partial charge is 0.142 e. The van der Waals surface area contributed by atoms with Gasteiger partial charge in [0, 0.05) is 18.0 Å². The maximum atomic E-state index is 6.00. The highest BCUT2D eigenvalue weighted by Gasteiger charge is 2.22. The van der Waals surface area contributed by atoms with Crippen molar-refractivity contribution < 1.29 is 4.74 Å². The highest BCUT2D eigenvalue weighted by molar-refractivity contribution is 6.32. The first-order valence-corrected chi connectivity index (χ1v) is 4.75. The minimum Gasteiger partial charge on any atom is -0.492 e. The first kappa shape index (κ1) is 8.85. The second kappa shape index (κ2) is 3.20. The fraction of sp³-hybridized carbons (Fsp3) is 0.400. The fourth-order valence-corrected chi connectivity index (χ4v) is 1.93. The van der Waals surface area contributed by atoms with Crippen LogP contribution in [0, 0.1) is 6.92 Å². The Bertz CT molecular complexity index is 338. The summed E-state index contributed by atoms with van der Waals surface area (Å²) in [4.78, 5) is 0. The van der Waals surface area contributed by atoms with Crippen LogP contribution < -0.4 is 10.5 Å². The normalized spacial score (nSPS) is 20.7. The van der Waals surface area contributed by atoms with E-state index in [9.17, 15) is 0 Å². The van der Waals surface area contributed by atoms with Crippen molar-refractivity contribution in [3.63, 3.8) is 0 Å². The number of hydrogen-bond acceptors (Lipinski definition) is 2. The van der Waals surface area contributed by atoms with Gasteiger partial charge in [0.25, 0.3) is 0 Å². The van der Waals surface area contributed by atoms with Crippen molar-refractivity contribution in [1.29, 1.82) is 0 Å². The van der Waals surface area contributed by atoms with Gasteiger partial charge in [-0.15, -0.1) is 0 Å². The molecular formula is C10H12ClNO. The second-order valence-corrected chi connectivity index (χ2v) is 3.76. The highest BCUT2D eigenvalue weighted by atomic mass is 35.5. The average molecular weight is 198 g/mol. The molecule has 70 valence electrons. The van der Waals surface area contributed by atoms with Gasteiger partial charge in [-0.3, -0.25) is 0 Å². The summed E-state index contributed by atoms with van der Waals surface area (Å²) in [6, 6.07) is 3.91. The summed E-state index contributed by atoms with van der Waals surface area (Å²) >= 11 is 6.00. The number of hydrogen-bond donors (Lipinski definition) is 1. The first-order chi connectivity index (χ1) is 6.20. The Labute approximate surface area is 82.6 Å². The summed E-state index contributed by atoms with van der Waals surface area (Å²) in [7, 11) is 0. The molecule has 0 saturated heterocycles. The third kappa shape index (κ3) is 1.40. The Hall–Kier alpha value is -0.730. The Morgan fingerprint density at radius 1 is 1.54 bits per heavy atom. The van der Waals surface area contributed by atoms with Crippen molar-refractivity contribution in [3.8, 4) is 5.75 Å². The van der Waals surface area contributed by atoms with Crippen LogP contribution in [0.25, 0.3) is 0 Å². The number of benzene rings is 1. The predicted molar refractivity (Wildman–Crippen MR) is 53.2 cm³/mol. The Morgan fingerprint density at radius 3 is 3.00 bits per heavy atom. The Balaban J connectivity index is 2.60. The van der Waals surface area contributed by atoms with Crippen LogP contribution in [0.2, 0.25) is 5.02 Å².